The van der Waals surface area contributed by atoms with Crippen LogP contribution in [-0.4, -0.2) is 29.1 Å². The second-order valence-electron chi connectivity index (χ2n) is 3.54. The minimum absolute atomic E-state index is 0.842. The van der Waals surface area contributed by atoms with Gasteiger partial charge in [-0.25, -0.2) is 4.79 Å². The van der Waals surface area contributed by atoms with Gasteiger partial charge in [0.1, 0.15) is 0 Å². The number of hydrogen-bond acceptors (Lipinski definition) is 2. The molecule has 0 unspecified atom stereocenters. The van der Waals surface area contributed by atoms with Gasteiger partial charge < -0.3 is 10.0 Å². The topological polar surface area (TPSA) is 40.5 Å². The Bertz CT molecular complexity index is 193. The molecule has 1 N–H and O–H groups in total. The molecule has 0 amide bonds. The molecule has 0 aromatic carbocycles. The molecule has 1 aliphatic rings. The smallest absolute Gasteiger partial charge is 0.329 e. The SMILES string of the molecule is CCC1CCN(/C=C/C(=O)O)CC1. The summed E-state index contributed by atoms with van der Waals surface area (Å²) in [6.07, 6.45) is 6.54. The first kappa shape index (κ1) is 10.1. The molecule has 0 bridgehead atoms. The number of aliphatic carboxylic acids is 1. The van der Waals surface area contributed by atoms with Crippen molar-refractivity contribution in [2.24, 2.45) is 5.92 Å². The highest BCUT2D eigenvalue weighted by molar-refractivity contribution is 5.79. The monoisotopic (exact) mass is 183 g/mol. The van der Waals surface area contributed by atoms with Crippen LogP contribution in [0.3, 0.4) is 0 Å². The summed E-state index contributed by atoms with van der Waals surface area (Å²) in [6, 6.07) is 0. The number of carbonyl (C=O) groups is 1. The maximum atomic E-state index is 10.2. The van der Waals surface area contributed by atoms with Crippen molar-refractivity contribution in [2.45, 2.75) is 26.2 Å². The van der Waals surface area contributed by atoms with Gasteiger partial charge in [-0.3, -0.25) is 0 Å². The van der Waals surface area contributed by atoms with Crippen molar-refractivity contribution >= 4 is 5.97 Å². The van der Waals surface area contributed by atoms with Crippen LogP contribution < -0.4 is 0 Å². The Hall–Kier alpha value is -0.990. The molecule has 0 spiro atoms. The molecule has 0 aliphatic carbocycles. The Morgan fingerprint density at radius 3 is 2.62 bits per heavy atom. The lowest BCUT2D eigenvalue weighted by molar-refractivity contribution is -0.131. The van der Waals surface area contributed by atoms with Crippen molar-refractivity contribution in [3.63, 3.8) is 0 Å². The summed E-state index contributed by atoms with van der Waals surface area (Å²) in [5, 5.41) is 8.43. The molecule has 0 atom stereocenters. The lowest BCUT2D eigenvalue weighted by Gasteiger charge is -2.30. The van der Waals surface area contributed by atoms with Gasteiger partial charge in [-0.05, 0) is 18.8 Å². The molecule has 3 nitrogen and oxygen atoms in total. The van der Waals surface area contributed by atoms with E-state index in [0.717, 1.165) is 19.0 Å². The summed E-state index contributed by atoms with van der Waals surface area (Å²) in [5.74, 6) is -0.0212. The second-order valence-corrected chi connectivity index (χ2v) is 3.54. The average molecular weight is 183 g/mol. The zero-order valence-corrected chi connectivity index (χ0v) is 8.07. The summed E-state index contributed by atoms with van der Waals surface area (Å²) in [6.45, 7) is 4.22. The summed E-state index contributed by atoms with van der Waals surface area (Å²) in [7, 11) is 0. The second kappa shape index (κ2) is 4.90. The fraction of sp³-hybridized carbons (Fsp3) is 0.700. The van der Waals surface area contributed by atoms with Gasteiger partial charge in [0.15, 0.2) is 0 Å². The predicted octanol–water partition coefficient (Wildman–Crippen LogP) is 1.71. The van der Waals surface area contributed by atoms with Gasteiger partial charge in [0.05, 0.1) is 0 Å². The Balaban J connectivity index is 2.28. The normalized spacial score (nSPS) is 19.6. The molecule has 0 aromatic heterocycles. The standard InChI is InChI=1S/C10H17NO2/c1-2-9-3-6-11(7-4-9)8-5-10(12)13/h5,8-9H,2-4,6-7H2,1H3,(H,12,13)/b8-5+. The number of rotatable bonds is 3. The maximum Gasteiger partial charge on any atom is 0.329 e. The number of nitrogens with zero attached hydrogens (tertiary/aromatic N) is 1. The van der Waals surface area contributed by atoms with Crippen LogP contribution >= 0.6 is 0 Å². The molecule has 1 heterocycles. The van der Waals surface area contributed by atoms with Crippen LogP contribution in [0.2, 0.25) is 0 Å². The molecule has 0 aromatic rings. The number of hydrogen-bond donors (Lipinski definition) is 1. The third-order valence-electron chi connectivity index (χ3n) is 2.65. The van der Waals surface area contributed by atoms with Crippen LogP contribution in [0.4, 0.5) is 0 Å². The summed E-state index contributed by atoms with van der Waals surface area (Å²) < 4.78 is 0. The summed E-state index contributed by atoms with van der Waals surface area (Å²) in [5.41, 5.74) is 0. The molecule has 13 heavy (non-hydrogen) atoms. The van der Waals surface area contributed by atoms with E-state index in [4.69, 9.17) is 5.11 Å². The minimum atomic E-state index is -0.863. The van der Waals surface area contributed by atoms with Gasteiger partial charge in [-0.1, -0.05) is 13.3 Å². The molecule has 1 saturated heterocycles. The Labute approximate surface area is 79.0 Å². The average Bonchev–Trinajstić information content (AvgIpc) is 2.15. The minimum Gasteiger partial charge on any atom is -0.478 e. The van der Waals surface area contributed by atoms with Crippen LogP contribution in [0.25, 0.3) is 0 Å². The van der Waals surface area contributed by atoms with Crippen LogP contribution in [0.5, 0.6) is 0 Å². The highest BCUT2D eigenvalue weighted by Gasteiger charge is 2.14. The van der Waals surface area contributed by atoms with Crippen molar-refractivity contribution in [1.82, 2.24) is 4.90 Å². The van der Waals surface area contributed by atoms with Gasteiger partial charge >= 0.3 is 5.97 Å². The Morgan fingerprint density at radius 1 is 1.54 bits per heavy atom. The van der Waals surface area contributed by atoms with Gasteiger partial charge in [-0.15, -0.1) is 0 Å². The zero-order valence-electron chi connectivity index (χ0n) is 8.07. The molecule has 1 aliphatic heterocycles. The van der Waals surface area contributed by atoms with E-state index in [0.29, 0.717) is 0 Å². The molecule has 0 saturated carbocycles. The van der Waals surface area contributed by atoms with Crippen LogP contribution in [0, 0.1) is 5.92 Å². The van der Waals surface area contributed by atoms with Gasteiger partial charge in [0.2, 0.25) is 0 Å². The summed E-state index contributed by atoms with van der Waals surface area (Å²) in [4.78, 5) is 12.3. The van der Waals surface area contributed by atoms with E-state index >= 15 is 0 Å². The summed E-state index contributed by atoms with van der Waals surface area (Å²) >= 11 is 0. The fourth-order valence-corrected chi connectivity index (χ4v) is 1.68. The molecule has 1 rings (SSSR count). The zero-order chi connectivity index (χ0) is 9.68. The Morgan fingerprint density at radius 2 is 2.15 bits per heavy atom. The third-order valence-corrected chi connectivity index (χ3v) is 2.65. The van der Waals surface area contributed by atoms with E-state index in [9.17, 15) is 4.79 Å². The van der Waals surface area contributed by atoms with Crippen molar-refractivity contribution in [3.05, 3.63) is 12.3 Å². The number of carboxylic acid groups (broad SMARTS) is 1. The molecular weight excluding hydrogens is 166 g/mol. The van der Waals surface area contributed by atoms with E-state index < -0.39 is 5.97 Å². The highest BCUT2D eigenvalue weighted by Crippen LogP contribution is 2.19. The molecule has 1 fully saturated rings. The first-order valence-electron chi connectivity index (χ1n) is 4.87. The van der Waals surface area contributed by atoms with E-state index in [1.807, 2.05) is 0 Å². The van der Waals surface area contributed by atoms with Crippen molar-refractivity contribution in [2.75, 3.05) is 13.1 Å². The molecule has 74 valence electrons. The third kappa shape index (κ3) is 3.49. The largest absolute Gasteiger partial charge is 0.478 e. The quantitative estimate of drug-likeness (QED) is 0.677. The van der Waals surface area contributed by atoms with Gasteiger partial charge in [0, 0.05) is 25.4 Å². The molecular formula is C10H17NO2. The fourth-order valence-electron chi connectivity index (χ4n) is 1.68. The molecule has 3 heteroatoms. The van der Waals surface area contributed by atoms with Crippen LogP contribution in [0.15, 0.2) is 12.3 Å². The Kier molecular flexibility index (Phi) is 3.80. The number of piperidine rings is 1. The lowest BCUT2D eigenvalue weighted by Crippen LogP contribution is -2.29. The highest BCUT2D eigenvalue weighted by atomic mass is 16.4. The van der Waals surface area contributed by atoms with E-state index in [2.05, 4.69) is 11.8 Å². The molecule has 0 radical (unpaired) electrons. The first-order valence-corrected chi connectivity index (χ1v) is 4.87. The lowest BCUT2D eigenvalue weighted by atomic mass is 9.95. The van der Waals surface area contributed by atoms with Gasteiger partial charge in [-0.2, -0.15) is 0 Å². The number of carboxylic acids is 1. The van der Waals surface area contributed by atoms with Crippen molar-refractivity contribution in [3.8, 4) is 0 Å². The van der Waals surface area contributed by atoms with Crippen molar-refractivity contribution < 1.29 is 9.90 Å². The van der Waals surface area contributed by atoms with Crippen molar-refractivity contribution in [1.29, 1.82) is 0 Å². The van der Waals surface area contributed by atoms with E-state index in [-0.39, 0.29) is 0 Å². The van der Waals surface area contributed by atoms with E-state index in [1.54, 1.807) is 6.20 Å². The van der Waals surface area contributed by atoms with Gasteiger partial charge in [0.25, 0.3) is 0 Å². The number of likely N-dealkylation sites (tertiary alicyclic amines) is 1. The van der Waals surface area contributed by atoms with E-state index in [1.165, 1.54) is 25.3 Å². The maximum absolute atomic E-state index is 10.2. The first-order chi connectivity index (χ1) is 6.22. The van der Waals surface area contributed by atoms with Crippen LogP contribution in [0.1, 0.15) is 26.2 Å². The van der Waals surface area contributed by atoms with Crippen LogP contribution in [-0.2, 0) is 4.79 Å². The predicted molar refractivity (Wildman–Crippen MR) is 51.4 cm³/mol.